The number of halogens is 1. The minimum Gasteiger partial charge on any atom is -0.493 e. The molecule has 0 radical (unpaired) electrons. The minimum atomic E-state index is 0.321. The van der Waals surface area contributed by atoms with Gasteiger partial charge in [0.05, 0.1) is 12.7 Å². The first-order chi connectivity index (χ1) is 10.2. The maximum Gasteiger partial charge on any atom is 0.125 e. The number of ether oxygens (including phenoxy) is 2. The fourth-order valence-corrected chi connectivity index (χ4v) is 3.91. The van der Waals surface area contributed by atoms with E-state index >= 15 is 0 Å². The Morgan fingerprint density at radius 3 is 2.95 bits per heavy atom. The van der Waals surface area contributed by atoms with Gasteiger partial charge in [0, 0.05) is 30.0 Å². The monoisotopic (exact) mass is 309 g/mol. The van der Waals surface area contributed by atoms with Crippen LogP contribution in [0.25, 0.3) is 0 Å². The first kappa shape index (κ1) is 15.1. The van der Waals surface area contributed by atoms with Crippen LogP contribution in [-0.4, -0.2) is 31.9 Å². The van der Waals surface area contributed by atoms with Gasteiger partial charge in [-0.2, -0.15) is 0 Å². The highest BCUT2D eigenvalue weighted by molar-refractivity contribution is 6.30. The highest BCUT2D eigenvalue weighted by Gasteiger charge is 2.32. The lowest BCUT2D eigenvalue weighted by Crippen LogP contribution is -2.40. The zero-order valence-electron chi connectivity index (χ0n) is 12.8. The maximum atomic E-state index is 6.28. The van der Waals surface area contributed by atoms with E-state index < -0.39 is 0 Å². The zero-order valence-corrected chi connectivity index (χ0v) is 13.6. The zero-order chi connectivity index (χ0) is 14.8. The van der Waals surface area contributed by atoms with Crippen LogP contribution in [-0.2, 0) is 17.6 Å². The first-order valence-electron chi connectivity index (χ1n) is 7.98. The molecule has 3 rings (SSSR count). The SMILES string of the molecule is CCNC(Cc1cc(Cl)cc2c1OCC2)C1CCOC1C. The molecule has 3 unspecified atom stereocenters. The van der Waals surface area contributed by atoms with E-state index in [1.54, 1.807) is 0 Å². The number of hydrogen-bond donors (Lipinski definition) is 1. The van der Waals surface area contributed by atoms with Gasteiger partial charge in [0.15, 0.2) is 0 Å². The third-order valence-corrected chi connectivity index (χ3v) is 4.90. The quantitative estimate of drug-likeness (QED) is 0.906. The number of benzene rings is 1. The highest BCUT2D eigenvalue weighted by Crippen LogP contribution is 2.35. The molecule has 0 amide bonds. The first-order valence-corrected chi connectivity index (χ1v) is 8.36. The molecule has 116 valence electrons. The van der Waals surface area contributed by atoms with Crippen molar-refractivity contribution in [3.05, 3.63) is 28.3 Å². The van der Waals surface area contributed by atoms with Gasteiger partial charge in [0.1, 0.15) is 5.75 Å². The van der Waals surface area contributed by atoms with Gasteiger partial charge >= 0.3 is 0 Å². The summed E-state index contributed by atoms with van der Waals surface area (Å²) in [5.74, 6) is 1.62. The Balaban J connectivity index is 1.83. The molecule has 2 heterocycles. The molecular formula is C17H24ClNO2. The van der Waals surface area contributed by atoms with Gasteiger partial charge < -0.3 is 14.8 Å². The Morgan fingerprint density at radius 1 is 1.38 bits per heavy atom. The Bertz CT molecular complexity index is 506. The predicted octanol–water partition coefficient (Wildman–Crippen LogP) is 3.22. The van der Waals surface area contributed by atoms with Crippen LogP contribution in [0.5, 0.6) is 5.75 Å². The van der Waals surface area contributed by atoms with Crippen molar-refractivity contribution in [1.29, 1.82) is 0 Å². The molecule has 4 heteroatoms. The average Bonchev–Trinajstić information content (AvgIpc) is 3.06. The average molecular weight is 310 g/mol. The molecule has 3 atom stereocenters. The summed E-state index contributed by atoms with van der Waals surface area (Å²) >= 11 is 6.28. The normalized spacial score (nSPS) is 25.7. The molecule has 0 aromatic heterocycles. The summed E-state index contributed by atoms with van der Waals surface area (Å²) in [5, 5.41) is 4.46. The van der Waals surface area contributed by atoms with E-state index in [0.29, 0.717) is 18.1 Å². The topological polar surface area (TPSA) is 30.5 Å². The van der Waals surface area contributed by atoms with Crippen LogP contribution >= 0.6 is 11.6 Å². The second-order valence-electron chi connectivity index (χ2n) is 6.05. The molecule has 21 heavy (non-hydrogen) atoms. The molecule has 1 fully saturated rings. The molecule has 0 bridgehead atoms. The molecule has 1 aromatic rings. The van der Waals surface area contributed by atoms with E-state index in [9.17, 15) is 0 Å². The molecule has 1 N–H and O–H groups in total. The Labute approximate surface area is 132 Å². The van der Waals surface area contributed by atoms with Crippen LogP contribution < -0.4 is 10.1 Å². The van der Waals surface area contributed by atoms with Crippen LogP contribution in [0.2, 0.25) is 5.02 Å². The van der Waals surface area contributed by atoms with Crippen molar-refractivity contribution in [2.45, 2.75) is 45.3 Å². The van der Waals surface area contributed by atoms with Crippen molar-refractivity contribution < 1.29 is 9.47 Å². The summed E-state index contributed by atoms with van der Waals surface area (Å²) in [7, 11) is 0. The number of hydrogen-bond acceptors (Lipinski definition) is 3. The van der Waals surface area contributed by atoms with Crippen molar-refractivity contribution in [3.63, 3.8) is 0 Å². The van der Waals surface area contributed by atoms with E-state index in [1.165, 1.54) is 11.1 Å². The van der Waals surface area contributed by atoms with Crippen molar-refractivity contribution in [1.82, 2.24) is 5.32 Å². The lowest BCUT2D eigenvalue weighted by atomic mass is 9.88. The Kier molecular flexibility index (Phi) is 4.72. The van der Waals surface area contributed by atoms with Gasteiger partial charge in [-0.3, -0.25) is 0 Å². The second-order valence-corrected chi connectivity index (χ2v) is 6.48. The molecule has 3 nitrogen and oxygen atoms in total. The summed E-state index contributed by atoms with van der Waals surface area (Å²) in [6, 6.07) is 4.52. The molecule has 1 saturated heterocycles. The summed E-state index contributed by atoms with van der Waals surface area (Å²) in [5.41, 5.74) is 2.49. The van der Waals surface area contributed by atoms with Crippen LogP contribution in [0.1, 0.15) is 31.4 Å². The van der Waals surface area contributed by atoms with E-state index in [4.69, 9.17) is 21.1 Å². The lowest BCUT2D eigenvalue weighted by Gasteiger charge is -2.27. The van der Waals surface area contributed by atoms with Crippen LogP contribution in [0.3, 0.4) is 0 Å². The van der Waals surface area contributed by atoms with Crippen LogP contribution in [0, 0.1) is 5.92 Å². The van der Waals surface area contributed by atoms with Gasteiger partial charge in [-0.15, -0.1) is 0 Å². The van der Waals surface area contributed by atoms with Gasteiger partial charge in [-0.1, -0.05) is 18.5 Å². The largest absolute Gasteiger partial charge is 0.493 e. The third kappa shape index (κ3) is 3.20. The lowest BCUT2D eigenvalue weighted by molar-refractivity contribution is 0.0955. The molecular weight excluding hydrogens is 286 g/mol. The molecule has 1 aromatic carbocycles. The molecule has 0 spiro atoms. The molecule has 2 aliphatic heterocycles. The highest BCUT2D eigenvalue weighted by atomic mass is 35.5. The second kappa shape index (κ2) is 6.55. The molecule has 2 aliphatic rings. The number of fused-ring (bicyclic) bond motifs is 1. The maximum absolute atomic E-state index is 6.28. The number of nitrogens with one attached hydrogen (secondary N) is 1. The van der Waals surface area contributed by atoms with Gasteiger partial charge in [-0.05, 0) is 49.6 Å². The summed E-state index contributed by atoms with van der Waals surface area (Å²) in [6.45, 7) is 6.96. The summed E-state index contributed by atoms with van der Waals surface area (Å²) in [6.07, 6.45) is 3.37. The minimum absolute atomic E-state index is 0.321. The number of rotatable bonds is 5. The van der Waals surface area contributed by atoms with Crippen LogP contribution in [0.15, 0.2) is 12.1 Å². The predicted molar refractivity (Wildman–Crippen MR) is 85.3 cm³/mol. The van der Waals surface area contributed by atoms with Gasteiger partial charge in [-0.25, -0.2) is 0 Å². The van der Waals surface area contributed by atoms with E-state index in [-0.39, 0.29) is 0 Å². The fourth-order valence-electron chi connectivity index (χ4n) is 3.65. The summed E-state index contributed by atoms with van der Waals surface area (Å²) in [4.78, 5) is 0. The Hall–Kier alpha value is -0.770. The molecule has 0 aliphatic carbocycles. The van der Waals surface area contributed by atoms with Crippen molar-refractivity contribution in [2.75, 3.05) is 19.8 Å². The molecule has 0 saturated carbocycles. The number of likely N-dealkylation sites (N-methyl/N-ethyl adjacent to an activating group) is 1. The summed E-state index contributed by atoms with van der Waals surface area (Å²) < 4.78 is 11.6. The van der Waals surface area contributed by atoms with Crippen molar-refractivity contribution >= 4 is 11.6 Å². The smallest absolute Gasteiger partial charge is 0.125 e. The van der Waals surface area contributed by atoms with Crippen LogP contribution in [0.4, 0.5) is 0 Å². The van der Waals surface area contributed by atoms with E-state index in [2.05, 4.69) is 25.2 Å². The fraction of sp³-hybridized carbons (Fsp3) is 0.647. The van der Waals surface area contributed by atoms with Gasteiger partial charge in [0.2, 0.25) is 0 Å². The van der Waals surface area contributed by atoms with Crippen molar-refractivity contribution in [2.24, 2.45) is 5.92 Å². The standard InChI is InChI=1S/C17H24ClNO2/c1-3-19-16(15-5-7-20-11(15)2)10-13-9-14(18)8-12-4-6-21-17(12)13/h8-9,11,15-16,19H,3-7,10H2,1-2H3. The van der Waals surface area contributed by atoms with Crippen molar-refractivity contribution in [3.8, 4) is 5.75 Å². The van der Waals surface area contributed by atoms with Gasteiger partial charge in [0.25, 0.3) is 0 Å². The third-order valence-electron chi connectivity index (χ3n) is 4.68. The van der Waals surface area contributed by atoms with E-state index in [0.717, 1.165) is 49.8 Å². The van der Waals surface area contributed by atoms with E-state index in [1.807, 2.05) is 6.07 Å². The Morgan fingerprint density at radius 2 is 2.24 bits per heavy atom.